The zero-order valence-corrected chi connectivity index (χ0v) is 16.0. The third-order valence-corrected chi connectivity index (χ3v) is 4.97. The average Bonchev–Trinajstić information content (AvgIpc) is 2.67. The third-order valence-electron chi connectivity index (χ3n) is 4.97. The summed E-state index contributed by atoms with van der Waals surface area (Å²) < 4.78 is 64.2. The van der Waals surface area contributed by atoms with Gasteiger partial charge in [0.1, 0.15) is 12.5 Å². The minimum atomic E-state index is -4.79. The molecule has 0 spiro atoms. The molecule has 9 heteroatoms. The first-order chi connectivity index (χ1) is 14.2. The Morgan fingerprint density at radius 1 is 1.23 bits per heavy atom. The molecule has 1 unspecified atom stereocenters. The maximum absolute atomic E-state index is 13.7. The first-order valence-electron chi connectivity index (χ1n) is 9.40. The normalized spacial score (nSPS) is 15.5. The van der Waals surface area contributed by atoms with Gasteiger partial charge < -0.3 is 10.4 Å². The average molecular weight is 428 g/mol. The van der Waals surface area contributed by atoms with E-state index in [2.05, 4.69) is 5.32 Å². The Bertz CT molecular complexity index is 917. The number of rotatable bonds is 6. The fourth-order valence-corrected chi connectivity index (χ4v) is 3.57. The molecular weight excluding hydrogens is 407 g/mol. The summed E-state index contributed by atoms with van der Waals surface area (Å²) in [6.45, 7) is 0.483. The van der Waals surface area contributed by atoms with Gasteiger partial charge in [0.25, 0.3) is 0 Å². The van der Waals surface area contributed by atoms with E-state index in [0.717, 1.165) is 23.3 Å². The Labute approximate surface area is 170 Å². The number of nitrogens with zero attached hydrogens (tertiary/aromatic N) is 1. The van der Waals surface area contributed by atoms with E-state index >= 15 is 0 Å². The first-order valence-corrected chi connectivity index (χ1v) is 9.40. The van der Waals surface area contributed by atoms with Crippen LogP contribution in [-0.2, 0) is 30.4 Å². The molecule has 0 radical (unpaired) electrons. The lowest BCUT2D eigenvalue weighted by Gasteiger charge is -2.31. The summed E-state index contributed by atoms with van der Waals surface area (Å²) >= 11 is 0. The molecule has 0 saturated carbocycles. The van der Waals surface area contributed by atoms with Gasteiger partial charge in [0.2, 0.25) is 5.91 Å². The predicted octanol–water partition coefficient (Wildman–Crippen LogP) is 3.71. The van der Waals surface area contributed by atoms with Gasteiger partial charge in [-0.15, -0.1) is 0 Å². The molecule has 162 valence electrons. The third kappa shape index (κ3) is 5.34. The highest BCUT2D eigenvalue weighted by atomic mass is 19.4. The summed E-state index contributed by atoms with van der Waals surface area (Å²) in [5.41, 5.74) is 1.19. The Kier molecular flexibility index (Phi) is 6.72. The molecule has 1 aliphatic rings. The molecule has 4 nitrogen and oxygen atoms in total. The van der Waals surface area contributed by atoms with Gasteiger partial charge in [-0.05, 0) is 41.3 Å². The van der Waals surface area contributed by atoms with Crippen molar-refractivity contribution in [2.75, 3.05) is 25.1 Å². The van der Waals surface area contributed by atoms with Crippen LogP contribution in [-0.4, -0.2) is 41.8 Å². The van der Waals surface area contributed by atoms with Gasteiger partial charge in [-0.1, -0.05) is 18.2 Å². The second kappa shape index (κ2) is 9.09. The van der Waals surface area contributed by atoms with Crippen LogP contribution >= 0.6 is 0 Å². The van der Waals surface area contributed by atoms with Crippen LogP contribution in [0, 0.1) is 5.82 Å². The van der Waals surface area contributed by atoms with E-state index in [9.17, 15) is 31.9 Å². The topological polar surface area (TPSA) is 52.6 Å². The van der Waals surface area contributed by atoms with Crippen molar-refractivity contribution in [2.45, 2.75) is 31.7 Å². The molecule has 0 saturated heterocycles. The number of fused-ring (bicyclic) bond motifs is 1. The van der Waals surface area contributed by atoms with Crippen molar-refractivity contribution in [3.63, 3.8) is 0 Å². The smallest absolute Gasteiger partial charge is 0.389 e. The number of halogens is 5. The van der Waals surface area contributed by atoms with Crippen LogP contribution in [0.15, 0.2) is 36.4 Å². The maximum Gasteiger partial charge on any atom is 0.419 e. The van der Waals surface area contributed by atoms with Gasteiger partial charge in [0.15, 0.2) is 0 Å². The van der Waals surface area contributed by atoms with Crippen LogP contribution in [0.25, 0.3) is 0 Å². The molecule has 30 heavy (non-hydrogen) atoms. The lowest BCUT2D eigenvalue weighted by molar-refractivity contribution is -0.140. The molecule has 2 aromatic rings. The molecule has 0 aliphatic carbocycles. The van der Waals surface area contributed by atoms with Crippen LogP contribution in [0.4, 0.5) is 27.6 Å². The number of carbonyl (C=O) groups excluding carboxylic acids is 1. The van der Waals surface area contributed by atoms with Crippen LogP contribution in [0.2, 0.25) is 0 Å². The lowest BCUT2D eigenvalue weighted by Crippen LogP contribution is -2.37. The van der Waals surface area contributed by atoms with Crippen molar-refractivity contribution in [1.82, 2.24) is 4.90 Å². The van der Waals surface area contributed by atoms with Gasteiger partial charge in [-0.3, -0.25) is 9.69 Å². The number of anilines is 1. The highest BCUT2D eigenvalue weighted by Gasteiger charge is 2.34. The fraction of sp³-hybridized carbons (Fsp3) is 0.381. The van der Waals surface area contributed by atoms with Crippen LogP contribution < -0.4 is 5.32 Å². The fourth-order valence-electron chi connectivity index (χ4n) is 3.57. The number of carbonyl (C=O) groups is 1. The molecule has 1 heterocycles. The van der Waals surface area contributed by atoms with E-state index in [1.807, 2.05) is 11.0 Å². The summed E-state index contributed by atoms with van der Waals surface area (Å²) in [5, 5.41) is 12.2. The van der Waals surface area contributed by atoms with Crippen molar-refractivity contribution in [3.8, 4) is 0 Å². The minimum absolute atomic E-state index is 0.134. The molecule has 1 amide bonds. The number of aliphatic hydroxyl groups is 1. The van der Waals surface area contributed by atoms with Gasteiger partial charge in [0.05, 0.1) is 18.1 Å². The Morgan fingerprint density at radius 2 is 2.00 bits per heavy atom. The molecule has 1 atom stereocenters. The maximum atomic E-state index is 13.7. The van der Waals surface area contributed by atoms with Crippen LogP contribution in [0.5, 0.6) is 0 Å². The van der Waals surface area contributed by atoms with Gasteiger partial charge >= 0.3 is 6.18 Å². The summed E-state index contributed by atoms with van der Waals surface area (Å²) in [5.74, 6) is -1.89. The van der Waals surface area contributed by atoms with Crippen molar-refractivity contribution in [3.05, 3.63) is 64.5 Å². The number of alkyl halides is 4. The predicted molar refractivity (Wildman–Crippen MR) is 101 cm³/mol. The van der Waals surface area contributed by atoms with E-state index in [-0.39, 0.29) is 18.5 Å². The number of amides is 1. The highest BCUT2D eigenvalue weighted by Crippen LogP contribution is 2.32. The van der Waals surface area contributed by atoms with E-state index < -0.39 is 36.2 Å². The molecule has 3 rings (SSSR count). The number of benzene rings is 2. The number of hydrogen-bond acceptors (Lipinski definition) is 3. The second-order valence-electron chi connectivity index (χ2n) is 7.27. The molecule has 0 aromatic heterocycles. The zero-order valence-electron chi connectivity index (χ0n) is 16.0. The Morgan fingerprint density at radius 3 is 2.67 bits per heavy atom. The number of hydrogen-bond donors (Lipinski definition) is 2. The van der Waals surface area contributed by atoms with Crippen molar-refractivity contribution < 1.29 is 31.9 Å². The van der Waals surface area contributed by atoms with E-state index in [0.29, 0.717) is 31.3 Å². The van der Waals surface area contributed by atoms with Crippen LogP contribution in [0.1, 0.15) is 22.3 Å². The molecule has 0 fully saturated rings. The molecular formula is C21H21F5N2O2. The molecule has 0 bridgehead atoms. The van der Waals surface area contributed by atoms with E-state index in [1.165, 1.54) is 0 Å². The SMILES string of the molecule is O=C(Cc1ccc(C(F)(F)F)c(F)c1)Nc1cccc2c1CCN(CC(O)CF)C2. The summed E-state index contributed by atoms with van der Waals surface area (Å²) in [6.07, 6.45) is -5.52. The van der Waals surface area contributed by atoms with Gasteiger partial charge in [-0.25, -0.2) is 8.78 Å². The van der Waals surface area contributed by atoms with Crippen molar-refractivity contribution >= 4 is 11.6 Å². The number of nitrogens with one attached hydrogen (secondary N) is 1. The van der Waals surface area contributed by atoms with Crippen LogP contribution in [0.3, 0.4) is 0 Å². The molecule has 1 aliphatic heterocycles. The quantitative estimate of drug-likeness (QED) is 0.690. The van der Waals surface area contributed by atoms with Gasteiger partial charge in [0, 0.05) is 25.3 Å². The summed E-state index contributed by atoms with van der Waals surface area (Å²) in [7, 11) is 0. The molecule has 2 aromatic carbocycles. The minimum Gasteiger partial charge on any atom is -0.389 e. The van der Waals surface area contributed by atoms with Gasteiger partial charge in [-0.2, -0.15) is 13.2 Å². The van der Waals surface area contributed by atoms with Crippen molar-refractivity contribution in [1.29, 1.82) is 0 Å². The zero-order chi connectivity index (χ0) is 21.9. The monoisotopic (exact) mass is 428 g/mol. The lowest BCUT2D eigenvalue weighted by atomic mass is 9.97. The largest absolute Gasteiger partial charge is 0.419 e. The first kappa shape index (κ1) is 22.2. The highest BCUT2D eigenvalue weighted by molar-refractivity contribution is 5.93. The number of aliphatic hydroxyl groups excluding tert-OH is 1. The number of β-amino-alcohol motifs (C(OH)–C–C–N with tert-alkyl or cyclic N) is 1. The van der Waals surface area contributed by atoms with E-state index in [4.69, 9.17) is 0 Å². The van der Waals surface area contributed by atoms with Crippen molar-refractivity contribution in [2.24, 2.45) is 0 Å². The summed E-state index contributed by atoms with van der Waals surface area (Å²) in [4.78, 5) is 14.3. The standard InChI is InChI=1S/C21H21F5N2O2/c22-10-15(29)12-28-7-6-16-14(11-28)2-1-3-19(16)27-20(30)9-13-4-5-17(18(23)8-13)21(24,25)26/h1-5,8,15,29H,6-7,9-12H2,(H,27,30). The summed E-state index contributed by atoms with van der Waals surface area (Å²) in [6, 6.07) is 7.78. The second-order valence-corrected chi connectivity index (χ2v) is 7.27. The van der Waals surface area contributed by atoms with E-state index in [1.54, 1.807) is 12.1 Å². The molecule has 2 N–H and O–H groups in total. The Balaban J connectivity index is 1.67. The Hall–Kier alpha value is -2.52.